The van der Waals surface area contributed by atoms with Crippen molar-refractivity contribution in [3.8, 4) is 10.6 Å². The van der Waals surface area contributed by atoms with Crippen LogP contribution >= 0.6 is 34.3 Å². The maximum absolute atomic E-state index is 6.02. The number of rotatable bonds is 1. The van der Waals surface area contributed by atoms with E-state index >= 15 is 0 Å². The summed E-state index contributed by atoms with van der Waals surface area (Å²) in [5, 5.41) is 3.56. The van der Waals surface area contributed by atoms with E-state index in [1.165, 1.54) is 10.1 Å². The zero-order valence-electron chi connectivity index (χ0n) is 9.63. The van der Waals surface area contributed by atoms with Gasteiger partial charge in [-0.05, 0) is 40.6 Å². The number of thiophene rings is 2. The quantitative estimate of drug-likeness (QED) is 0.450. The summed E-state index contributed by atoms with van der Waals surface area (Å²) in [4.78, 5) is 9.80. The Hall–Kier alpha value is -1.49. The van der Waals surface area contributed by atoms with Crippen LogP contribution in [0.15, 0.2) is 41.8 Å². The Morgan fingerprint density at radius 1 is 1.05 bits per heavy atom. The van der Waals surface area contributed by atoms with Gasteiger partial charge in [0.2, 0.25) is 5.28 Å². The summed E-state index contributed by atoms with van der Waals surface area (Å²) >= 11 is 9.40. The first kappa shape index (κ1) is 11.3. The normalized spacial score (nSPS) is 11.4. The van der Waals surface area contributed by atoms with E-state index in [0.29, 0.717) is 5.28 Å². The van der Waals surface area contributed by atoms with Gasteiger partial charge in [0.1, 0.15) is 5.69 Å². The molecule has 5 heteroatoms. The lowest BCUT2D eigenvalue weighted by atomic mass is 10.2. The monoisotopic (exact) mass is 302 g/mol. The molecule has 0 bridgehead atoms. The van der Waals surface area contributed by atoms with Crippen molar-refractivity contribution in [1.82, 2.24) is 9.97 Å². The lowest BCUT2D eigenvalue weighted by Gasteiger charge is -1.99. The van der Waals surface area contributed by atoms with Crippen LogP contribution in [0.4, 0.5) is 0 Å². The van der Waals surface area contributed by atoms with E-state index in [1.54, 1.807) is 22.7 Å². The second-order valence-corrected chi connectivity index (χ2v) is 6.46. The van der Waals surface area contributed by atoms with Crippen molar-refractivity contribution in [1.29, 1.82) is 0 Å². The van der Waals surface area contributed by atoms with E-state index in [2.05, 4.69) is 34.2 Å². The second kappa shape index (κ2) is 4.27. The minimum atomic E-state index is 0.304. The van der Waals surface area contributed by atoms with Crippen molar-refractivity contribution in [2.75, 3.05) is 0 Å². The Morgan fingerprint density at radius 2 is 1.95 bits per heavy atom. The number of hydrogen-bond acceptors (Lipinski definition) is 4. The standard InChI is InChI=1S/C14H7ClN2S2/c15-14-16-9-5-6-18-13(9)12(17-14)11-7-8-3-1-2-4-10(8)19-11/h1-7H. The van der Waals surface area contributed by atoms with Crippen molar-refractivity contribution >= 4 is 54.6 Å². The van der Waals surface area contributed by atoms with Gasteiger partial charge in [-0.2, -0.15) is 0 Å². The zero-order valence-corrected chi connectivity index (χ0v) is 12.0. The van der Waals surface area contributed by atoms with E-state index in [0.717, 1.165) is 20.8 Å². The minimum Gasteiger partial charge on any atom is -0.217 e. The molecule has 92 valence electrons. The van der Waals surface area contributed by atoms with Gasteiger partial charge < -0.3 is 0 Å². The zero-order chi connectivity index (χ0) is 12.8. The molecule has 0 saturated carbocycles. The van der Waals surface area contributed by atoms with Crippen LogP contribution in [0.3, 0.4) is 0 Å². The number of halogens is 1. The van der Waals surface area contributed by atoms with Crippen molar-refractivity contribution < 1.29 is 0 Å². The number of aromatic nitrogens is 2. The summed E-state index contributed by atoms with van der Waals surface area (Å²) in [5.41, 5.74) is 1.85. The van der Waals surface area contributed by atoms with Crippen LogP contribution in [-0.4, -0.2) is 9.97 Å². The Balaban J connectivity index is 2.05. The lowest BCUT2D eigenvalue weighted by Crippen LogP contribution is -1.85. The largest absolute Gasteiger partial charge is 0.223 e. The van der Waals surface area contributed by atoms with Crippen molar-refractivity contribution in [2.45, 2.75) is 0 Å². The first-order valence-electron chi connectivity index (χ1n) is 5.71. The molecule has 4 rings (SSSR count). The van der Waals surface area contributed by atoms with Crippen LogP contribution in [0.2, 0.25) is 5.28 Å². The molecule has 0 N–H and O–H groups in total. The van der Waals surface area contributed by atoms with Crippen LogP contribution in [0.5, 0.6) is 0 Å². The van der Waals surface area contributed by atoms with Gasteiger partial charge in [-0.15, -0.1) is 22.7 Å². The van der Waals surface area contributed by atoms with E-state index < -0.39 is 0 Å². The number of hydrogen-bond donors (Lipinski definition) is 0. The molecular formula is C14H7ClN2S2. The predicted octanol–water partition coefficient (Wildman–Crippen LogP) is 5.23. The first-order valence-corrected chi connectivity index (χ1v) is 7.78. The highest BCUT2D eigenvalue weighted by molar-refractivity contribution is 7.23. The summed E-state index contributed by atoms with van der Waals surface area (Å²) in [6, 6.07) is 12.5. The van der Waals surface area contributed by atoms with Crippen LogP contribution in [-0.2, 0) is 0 Å². The Labute approximate surface area is 122 Å². The predicted molar refractivity (Wildman–Crippen MR) is 83.2 cm³/mol. The van der Waals surface area contributed by atoms with E-state index in [1.807, 2.05) is 17.5 Å². The molecule has 1 aromatic carbocycles. The smallest absolute Gasteiger partial charge is 0.217 e. The summed E-state index contributed by atoms with van der Waals surface area (Å²) in [7, 11) is 0. The fraction of sp³-hybridized carbons (Fsp3) is 0. The molecule has 2 nitrogen and oxygen atoms in total. The average molecular weight is 303 g/mol. The Bertz CT molecular complexity index is 862. The molecule has 0 spiro atoms. The molecule has 4 aromatic rings. The summed E-state index contributed by atoms with van der Waals surface area (Å²) < 4.78 is 2.35. The fourth-order valence-corrected chi connectivity index (χ4v) is 4.23. The van der Waals surface area contributed by atoms with Crippen LogP contribution in [0.1, 0.15) is 0 Å². The number of nitrogens with zero attached hydrogens (tertiary/aromatic N) is 2. The van der Waals surface area contributed by atoms with Crippen molar-refractivity contribution in [2.24, 2.45) is 0 Å². The van der Waals surface area contributed by atoms with Gasteiger partial charge in [-0.25, -0.2) is 9.97 Å². The second-order valence-electron chi connectivity index (χ2n) is 4.12. The molecule has 0 aliphatic carbocycles. The van der Waals surface area contributed by atoms with Gasteiger partial charge in [0.05, 0.1) is 15.1 Å². The molecule has 0 saturated heterocycles. The summed E-state index contributed by atoms with van der Waals surface area (Å²) in [5.74, 6) is 0. The first-order chi connectivity index (χ1) is 9.31. The molecule has 19 heavy (non-hydrogen) atoms. The number of fused-ring (bicyclic) bond motifs is 2. The van der Waals surface area contributed by atoms with Crippen LogP contribution < -0.4 is 0 Å². The molecule has 0 radical (unpaired) electrons. The van der Waals surface area contributed by atoms with E-state index in [9.17, 15) is 0 Å². The molecule has 0 aliphatic rings. The molecule has 0 aliphatic heterocycles. The third-order valence-corrected chi connectivity index (χ3v) is 5.14. The third kappa shape index (κ3) is 1.84. The molecule has 0 unspecified atom stereocenters. The van der Waals surface area contributed by atoms with Crippen molar-refractivity contribution in [3.05, 3.63) is 47.1 Å². The van der Waals surface area contributed by atoms with Crippen LogP contribution in [0.25, 0.3) is 30.9 Å². The number of benzene rings is 1. The third-order valence-electron chi connectivity index (χ3n) is 2.94. The van der Waals surface area contributed by atoms with Gasteiger partial charge >= 0.3 is 0 Å². The Morgan fingerprint density at radius 3 is 2.84 bits per heavy atom. The summed E-state index contributed by atoms with van der Waals surface area (Å²) in [6.07, 6.45) is 0. The maximum Gasteiger partial charge on any atom is 0.223 e. The van der Waals surface area contributed by atoms with Gasteiger partial charge in [0.25, 0.3) is 0 Å². The molecule has 0 fully saturated rings. The van der Waals surface area contributed by atoms with Gasteiger partial charge in [-0.3, -0.25) is 0 Å². The molecule has 3 aromatic heterocycles. The van der Waals surface area contributed by atoms with Gasteiger partial charge in [0, 0.05) is 4.70 Å². The lowest BCUT2D eigenvalue weighted by molar-refractivity contribution is 1.24. The van der Waals surface area contributed by atoms with Crippen molar-refractivity contribution in [3.63, 3.8) is 0 Å². The molecule has 3 heterocycles. The SMILES string of the molecule is Clc1nc(-c2cc3ccccc3s2)c2sccc2n1. The minimum absolute atomic E-state index is 0.304. The molecule has 0 amide bonds. The maximum atomic E-state index is 6.02. The molecule has 0 atom stereocenters. The van der Waals surface area contributed by atoms with E-state index in [-0.39, 0.29) is 0 Å². The average Bonchev–Trinajstić information content (AvgIpc) is 3.03. The highest BCUT2D eigenvalue weighted by Crippen LogP contribution is 2.37. The van der Waals surface area contributed by atoms with Gasteiger partial charge in [-0.1, -0.05) is 18.2 Å². The highest BCUT2D eigenvalue weighted by Gasteiger charge is 2.12. The Kier molecular flexibility index (Phi) is 2.55. The van der Waals surface area contributed by atoms with Gasteiger partial charge in [0.15, 0.2) is 0 Å². The summed E-state index contributed by atoms with van der Waals surface area (Å²) in [6.45, 7) is 0. The fourth-order valence-electron chi connectivity index (χ4n) is 2.10. The van der Waals surface area contributed by atoms with E-state index in [4.69, 9.17) is 11.6 Å². The molecular weight excluding hydrogens is 296 g/mol. The highest BCUT2D eigenvalue weighted by atomic mass is 35.5. The topological polar surface area (TPSA) is 25.8 Å². The van der Waals surface area contributed by atoms with Crippen LogP contribution in [0, 0.1) is 0 Å².